The fourth-order valence-electron chi connectivity index (χ4n) is 1.70. The van der Waals surface area contributed by atoms with E-state index in [0.717, 1.165) is 16.9 Å². The number of aromatic nitrogens is 2. The van der Waals surface area contributed by atoms with Crippen molar-refractivity contribution in [3.05, 3.63) is 50.8 Å². The van der Waals surface area contributed by atoms with Crippen LogP contribution in [0, 0.1) is 17.0 Å². The minimum Gasteiger partial charge on any atom is -0.258 e. The SMILES string of the molecule is Cc1cn(-c2ccc(Cl)cc2[N+](=O)[O-])nc1C(F)(F)F. The normalized spacial score (nSPS) is 11.7. The number of hydrogen-bond donors (Lipinski definition) is 0. The molecule has 0 aliphatic carbocycles. The summed E-state index contributed by atoms with van der Waals surface area (Å²) < 4.78 is 38.8. The Labute approximate surface area is 115 Å². The van der Waals surface area contributed by atoms with E-state index in [2.05, 4.69) is 5.10 Å². The molecule has 0 spiro atoms. The molecule has 5 nitrogen and oxygen atoms in total. The first-order chi connectivity index (χ1) is 9.20. The molecule has 0 fully saturated rings. The van der Waals surface area contributed by atoms with Gasteiger partial charge in [0.1, 0.15) is 5.69 Å². The monoisotopic (exact) mass is 305 g/mol. The average Bonchev–Trinajstić information content (AvgIpc) is 2.70. The van der Waals surface area contributed by atoms with Crippen molar-refractivity contribution in [2.75, 3.05) is 0 Å². The third-order valence-corrected chi connectivity index (χ3v) is 2.78. The van der Waals surface area contributed by atoms with E-state index >= 15 is 0 Å². The highest BCUT2D eigenvalue weighted by atomic mass is 35.5. The third-order valence-electron chi connectivity index (χ3n) is 2.55. The molecule has 0 N–H and O–H groups in total. The van der Waals surface area contributed by atoms with Crippen LogP contribution in [0.3, 0.4) is 0 Å². The molecule has 0 radical (unpaired) electrons. The van der Waals surface area contributed by atoms with E-state index in [9.17, 15) is 23.3 Å². The van der Waals surface area contributed by atoms with E-state index in [1.807, 2.05) is 0 Å². The van der Waals surface area contributed by atoms with Crippen LogP contribution >= 0.6 is 11.6 Å². The molecule has 20 heavy (non-hydrogen) atoms. The van der Waals surface area contributed by atoms with Crippen LogP contribution in [0.2, 0.25) is 5.02 Å². The highest BCUT2D eigenvalue weighted by molar-refractivity contribution is 6.30. The smallest absolute Gasteiger partial charge is 0.258 e. The van der Waals surface area contributed by atoms with Gasteiger partial charge in [0.05, 0.1) is 4.92 Å². The average molecular weight is 306 g/mol. The van der Waals surface area contributed by atoms with Crippen LogP contribution in [0.15, 0.2) is 24.4 Å². The molecule has 2 rings (SSSR count). The Morgan fingerprint density at radius 2 is 2.05 bits per heavy atom. The predicted octanol–water partition coefficient (Wildman–Crippen LogP) is 3.76. The Morgan fingerprint density at radius 3 is 2.55 bits per heavy atom. The topological polar surface area (TPSA) is 61.0 Å². The molecule has 9 heteroatoms. The molecular weight excluding hydrogens is 299 g/mol. The lowest BCUT2D eigenvalue weighted by Crippen LogP contribution is -2.09. The second-order valence-electron chi connectivity index (χ2n) is 3.99. The van der Waals surface area contributed by atoms with Crippen LogP contribution in [0.4, 0.5) is 18.9 Å². The number of alkyl halides is 3. The summed E-state index contributed by atoms with van der Waals surface area (Å²) >= 11 is 5.64. The van der Waals surface area contributed by atoms with Gasteiger partial charge in [-0.15, -0.1) is 0 Å². The lowest BCUT2D eigenvalue weighted by Gasteiger charge is -2.04. The number of aryl methyl sites for hydroxylation is 1. The van der Waals surface area contributed by atoms with E-state index in [4.69, 9.17) is 11.6 Å². The fourth-order valence-corrected chi connectivity index (χ4v) is 1.87. The maximum atomic E-state index is 12.7. The minimum atomic E-state index is -4.61. The minimum absolute atomic E-state index is 0.0852. The fraction of sp³-hybridized carbons (Fsp3) is 0.182. The molecule has 0 amide bonds. The summed E-state index contributed by atoms with van der Waals surface area (Å²) in [6.45, 7) is 1.23. The molecule has 0 aliphatic heterocycles. The maximum absolute atomic E-state index is 12.7. The maximum Gasteiger partial charge on any atom is 0.435 e. The first-order valence-corrected chi connectivity index (χ1v) is 5.65. The van der Waals surface area contributed by atoms with Crippen molar-refractivity contribution in [1.29, 1.82) is 0 Å². The number of rotatable bonds is 2. The Kier molecular flexibility index (Phi) is 3.43. The van der Waals surface area contributed by atoms with E-state index in [1.165, 1.54) is 19.1 Å². The van der Waals surface area contributed by atoms with Crippen LogP contribution in [0.25, 0.3) is 5.69 Å². The van der Waals surface area contributed by atoms with Crippen molar-refractivity contribution < 1.29 is 18.1 Å². The van der Waals surface area contributed by atoms with Crippen LogP contribution in [-0.2, 0) is 6.18 Å². The van der Waals surface area contributed by atoms with Gasteiger partial charge in [-0.05, 0) is 24.6 Å². The number of nitro benzene ring substituents is 1. The summed E-state index contributed by atoms with van der Waals surface area (Å²) in [5.41, 5.74) is -1.71. The summed E-state index contributed by atoms with van der Waals surface area (Å²) in [5.74, 6) is 0. The summed E-state index contributed by atoms with van der Waals surface area (Å²) in [6, 6.07) is 3.64. The molecule has 0 atom stereocenters. The Hall–Kier alpha value is -2.09. The van der Waals surface area contributed by atoms with Crippen molar-refractivity contribution in [2.24, 2.45) is 0 Å². The van der Waals surface area contributed by atoms with E-state index in [1.54, 1.807) is 0 Å². The Bertz CT molecular complexity index is 682. The first kappa shape index (κ1) is 14.3. The van der Waals surface area contributed by atoms with Crippen LogP contribution in [0.1, 0.15) is 11.3 Å². The van der Waals surface area contributed by atoms with Crippen LogP contribution < -0.4 is 0 Å². The zero-order valence-electron chi connectivity index (χ0n) is 9.98. The van der Waals surface area contributed by atoms with Crippen molar-refractivity contribution in [3.63, 3.8) is 0 Å². The molecular formula is C11H7ClF3N3O2. The van der Waals surface area contributed by atoms with Crippen molar-refractivity contribution in [1.82, 2.24) is 9.78 Å². The molecule has 1 aromatic carbocycles. The van der Waals surface area contributed by atoms with Crippen LogP contribution in [0.5, 0.6) is 0 Å². The van der Waals surface area contributed by atoms with Gasteiger partial charge in [0.15, 0.2) is 5.69 Å². The number of halogens is 4. The highest BCUT2D eigenvalue weighted by Gasteiger charge is 2.36. The quantitative estimate of drug-likeness (QED) is 0.627. The lowest BCUT2D eigenvalue weighted by molar-refractivity contribution is -0.384. The largest absolute Gasteiger partial charge is 0.435 e. The van der Waals surface area contributed by atoms with Gasteiger partial charge in [-0.2, -0.15) is 18.3 Å². The molecule has 0 saturated heterocycles. The zero-order valence-corrected chi connectivity index (χ0v) is 10.7. The highest BCUT2D eigenvalue weighted by Crippen LogP contribution is 2.32. The van der Waals surface area contributed by atoms with Gasteiger partial charge < -0.3 is 0 Å². The molecule has 2 aromatic rings. The molecule has 0 saturated carbocycles. The second-order valence-corrected chi connectivity index (χ2v) is 4.43. The van der Waals surface area contributed by atoms with Gasteiger partial charge in [-0.25, -0.2) is 4.68 Å². The first-order valence-electron chi connectivity index (χ1n) is 5.28. The Balaban J connectivity index is 2.61. The molecule has 0 unspecified atom stereocenters. The van der Waals surface area contributed by atoms with Gasteiger partial charge in [-0.3, -0.25) is 10.1 Å². The number of hydrogen-bond acceptors (Lipinski definition) is 3. The van der Waals surface area contributed by atoms with Gasteiger partial charge in [-0.1, -0.05) is 11.6 Å². The summed E-state index contributed by atoms with van der Waals surface area (Å²) in [7, 11) is 0. The van der Waals surface area contributed by atoms with Crippen LogP contribution in [-0.4, -0.2) is 14.7 Å². The van der Waals surface area contributed by atoms with Crippen molar-refractivity contribution in [2.45, 2.75) is 13.1 Å². The standard InChI is InChI=1S/C11H7ClF3N3O2/c1-6-5-17(16-10(6)11(13,14)15)8-3-2-7(12)4-9(8)18(19)20/h2-5H,1H3. The van der Waals surface area contributed by atoms with Gasteiger partial charge >= 0.3 is 6.18 Å². The van der Waals surface area contributed by atoms with Crippen molar-refractivity contribution >= 4 is 17.3 Å². The molecule has 0 aliphatic rings. The van der Waals surface area contributed by atoms with Gasteiger partial charge in [0.2, 0.25) is 0 Å². The molecule has 1 heterocycles. The number of nitrogens with zero attached hydrogens (tertiary/aromatic N) is 3. The van der Waals surface area contributed by atoms with E-state index in [-0.39, 0.29) is 16.3 Å². The summed E-state index contributed by atoms with van der Waals surface area (Å²) in [6.07, 6.45) is -3.53. The zero-order chi connectivity index (χ0) is 15.1. The summed E-state index contributed by atoms with van der Waals surface area (Å²) in [5, 5.41) is 14.4. The predicted molar refractivity (Wildman–Crippen MR) is 65.0 cm³/mol. The summed E-state index contributed by atoms with van der Waals surface area (Å²) in [4.78, 5) is 10.2. The molecule has 106 valence electrons. The lowest BCUT2D eigenvalue weighted by atomic mass is 10.2. The Morgan fingerprint density at radius 1 is 1.40 bits per heavy atom. The van der Waals surface area contributed by atoms with E-state index in [0.29, 0.717) is 0 Å². The third kappa shape index (κ3) is 2.60. The number of benzene rings is 1. The number of nitro groups is 1. The molecule has 1 aromatic heterocycles. The van der Waals surface area contributed by atoms with Gasteiger partial charge in [0.25, 0.3) is 5.69 Å². The second kappa shape index (κ2) is 4.78. The van der Waals surface area contributed by atoms with Gasteiger partial charge in [0, 0.05) is 17.3 Å². The molecule has 0 bridgehead atoms. The van der Waals surface area contributed by atoms with E-state index < -0.39 is 22.5 Å². The van der Waals surface area contributed by atoms with Crippen molar-refractivity contribution in [3.8, 4) is 5.69 Å².